The highest BCUT2D eigenvalue weighted by Crippen LogP contribution is 2.24. The van der Waals surface area contributed by atoms with E-state index >= 15 is 0 Å². The Kier molecular flexibility index (Phi) is 16.3. The summed E-state index contributed by atoms with van der Waals surface area (Å²) in [5.74, 6) is 1.13. The molecular weight excluding hydrogens is 426 g/mol. The monoisotopic (exact) mass is 479 g/mol. The molecule has 0 radical (unpaired) electrons. The molecule has 0 spiro atoms. The zero-order valence-corrected chi connectivity index (χ0v) is 22.9. The van der Waals surface area contributed by atoms with Gasteiger partial charge in [-0.1, -0.05) is 109 Å². The lowest BCUT2D eigenvalue weighted by Crippen LogP contribution is -2.45. The Morgan fingerprint density at radius 1 is 0.788 bits per heavy atom. The predicted molar refractivity (Wildman–Crippen MR) is 147 cm³/mol. The Morgan fingerprint density at radius 3 is 1.85 bits per heavy atom. The van der Waals surface area contributed by atoms with Crippen molar-refractivity contribution >= 4 is 16.8 Å². The number of hydrogen-bond acceptors (Lipinski definition) is 3. The van der Waals surface area contributed by atoms with Gasteiger partial charge in [-0.3, -0.25) is 0 Å². The lowest BCUT2D eigenvalue weighted by Gasteiger charge is -2.40. The maximum absolute atomic E-state index is 6.19. The molecule has 0 amide bonds. The zero-order chi connectivity index (χ0) is 23.6. The van der Waals surface area contributed by atoms with Gasteiger partial charge in [-0.05, 0) is 51.3 Å². The minimum Gasteiger partial charge on any atom is -0.357 e. The SMILES string of the molecule is CCCCCCCCCCCCCCCN(CCCC)C1CCN(C2=CCCC(Cl)=N2)CC1. The van der Waals surface area contributed by atoms with Gasteiger partial charge in [0, 0.05) is 25.6 Å². The molecule has 2 aliphatic rings. The number of nitrogens with zero attached hydrogens (tertiary/aromatic N) is 3. The van der Waals surface area contributed by atoms with Crippen LogP contribution in [0.15, 0.2) is 16.9 Å². The number of aliphatic imine (C=N–C) groups is 1. The highest BCUT2D eigenvalue weighted by molar-refractivity contribution is 6.65. The smallest absolute Gasteiger partial charge is 0.125 e. The number of likely N-dealkylation sites (tertiary alicyclic amines) is 1. The highest BCUT2D eigenvalue weighted by Gasteiger charge is 2.25. The summed E-state index contributed by atoms with van der Waals surface area (Å²) in [6.45, 7) is 9.47. The van der Waals surface area contributed by atoms with Crippen molar-refractivity contribution in [3.8, 4) is 0 Å². The number of unbranched alkanes of at least 4 members (excludes halogenated alkanes) is 13. The molecule has 2 heterocycles. The third-order valence-electron chi connectivity index (χ3n) is 7.57. The standard InChI is InChI=1S/C29H54ClN3/c1-3-5-7-8-9-10-11-12-13-14-15-16-17-24-32(23-6-4-2)27-21-25-33(26-22-27)29-20-18-19-28(30)31-29/h20,27H,3-19,21-26H2,1-2H3. The first-order chi connectivity index (χ1) is 16.2. The van der Waals surface area contributed by atoms with Gasteiger partial charge in [-0.15, -0.1) is 0 Å². The van der Waals surface area contributed by atoms with E-state index in [1.165, 1.54) is 122 Å². The Hall–Kier alpha value is -0.540. The molecule has 0 unspecified atom stereocenters. The van der Waals surface area contributed by atoms with Crippen molar-refractivity contribution in [3.05, 3.63) is 11.9 Å². The fourth-order valence-corrected chi connectivity index (χ4v) is 5.57. The second kappa shape index (κ2) is 18.7. The van der Waals surface area contributed by atoms with Gasteiger partial charge in [0.15, 0.2) is 0 Å². The highest BCUT2D eigenvalue weighted by atomic mass is 35.5. The molecule has 0 aromatic heterocycles. The molecule has 2 aliphatic heterocycles. The van der Waals surface area contributed by atoms with Gasteiger partial charge in [0.1, 0.15) is 11.0 Å². The second-order valence-corrected chi connectivity index (χ2v) is 10.9. The summed E-state index contributed by atoms with van der Waals surface area (Å²) in [5.41, 5.74) is 0. The molecule has 0 atom stereocenters. The molecule has 0 aliphatic carbocycles. The molecule has 1 saturated heterocycles. The fourth-order valence-electron chi connectivity index (χ4n) is 5.38. The summed E-state index contributed by atoms with van der Waals surface area (Å²) in [7, 11) is 0. The minimum atomic E-state index is 0.758. The third-order valence-corrected chi connectivity index (χ3v) is 7.84. The predicted octanol–water partition coefficient (Wildman–Crippen LogP) is 8.92. The second-order valence-electron chi connectivity index (χ2n) is 10.4. The topological polar surface area (TPSA) is 18.8 Å². The van der Waals surface area contributed by atoms with E-state index in [9.17, 15) is 0 Å². The lowest BCUT2D eigenvalue weighted by atomic mass is 10.0. The van der Waals surface area contributed by atoms with Crippen molar-refractivity contribution in [1.29, 1.82) is 0 Å². The van der Waals surface area contributed by atoms with Crippen molar-refractivity contribution in [1.82, 2.24) is 9.80 Å². The van der Waals surface area contributed by atoms with E-state index in [0.29, 0.717) is 0 Å². The van der Waals surface area contributed by atoms with Gasteiger partial charge in [0.05, 0.1) is 0 Å². The Bertz CT molecular complexity index is 537. The quantitative estimate of drug-likeness (QED) is 0.172. The molecule has 0 bridgehead atoms. The van der Waals surface area contributed by atoms with E-state index < -0.39 is 0 Å². The zero-order valence-electron chi connectivity index (χ0n) is 22.1. The van der Waals surface area contributed by atoms with Crippen LogP contribution in [0, 0.1) is 0 Å². The number of halogens is 1. The van der Waals surface area contributed by atoms with E-state index in [-0.39, 0.29) is 0 Å². The number of rotatable bonds is 19. The van der Waals surface area contributed by atoms with Crippen LogP contribution in [-0.4, -0.2) is 47.2 Å². The summed E-state index contributed by atoms with van der Waals surface area (Å²) in [5, 5.41) is 0.779. The Balaban J connectivity index is 1.54. The van der Waals surface area contributed by atoms with Gasteiger partial charge < -0.3 is 9.80 Å². The van der Waals surface area contributed by atoms with Crippen molar-refractivity contribution in [2.75, 3.05) is 26.2 Å². The molecule has 0 saturated carbocycles. The molecule has 3 nitrogen and oxygen atoms in total. The normalized spacial score (nSPS) is 17.5. The van der Waals surface area contributed by atoms with Crippen LogP contribution in [-0.2, 0) is 0 Å². The van der Waals surface area contributed by atoms with Crippen molar-refractivity contribution in [2.45, 2.75) is 142 Å². The average molecular weight is 480 g/mol. The summed E-state index contributed by atoms with van der Waals surface area (Å²) >= 11 is 6.19. The first-order valence-corrected chi connectivity index (χ1v) is 15.0. The van der Waals surface area contributed by atoms with Crippen LogP contribution in [0.4, 0.5) is 0 Å². The summed E-state index contributed by atoms with van der Waals surface area (Å²) < 4.78 is 0. The van der Waals surface area contributed by atoms with Crippen LogP contribution in [0.5, 0.6) is 0 Å². The van der Waals surface area contributed by atoms with Crippen LogP contribution in [0.2, 0.25) is 0 Å². The van der Waals surface area contributed by atoms with Gasteiger partial charge in [-0.25, -0.2) is 4.99 Å². The molecule has 2 rings (SSSR count). The first-order valence-electron chi connectivity index (χ1n) is 14.7. The van der Waals surface area contributed by atoms with Crippen LogP contribution >= 0.6 is 11.6 Å². The largest absolute Gasteiger partial charge is 0.357 e. The summed E-state index contributed by atoms with van der Waals surface area (Å²) in [6.07, 6.45) is 28.1. The minimum absolute atomic E-state index is 0.758. The van der Waals surface area contributed by atoms with Gasteiger partial charge in [-0.2, -0.15) is 0 Å². The molecule has 0 N–H and O–H groups in total. The van der Waals surface area contributed by atoms with E-state index in [1.807, 2.05) is 0 Å². The molecular formula is C29H54ClN3. The van der Waals surface area contributed by atoms with Gasteiger partial charge >= 0.3 is 0 Å². The van der Waals surface area contributed by atoms with Crippen molar-refractivity contribution in [2.24, 2.45) is 4.99 Å². The van der Waals surface area contributed by atoms with Crippen molar-refractivity contribution < 1.29 is 0 Å². The maximum atomic E-state index is 6.19. The maximum Gasteiger partial charge on any atom is 0.125 e. The van der Waals surface area contributed by atoms with Crippen molar-refractivity contribution in [3.63, 3.8) is 0 Å². The van der Waals surface area contributed by atoms with E-state index in [4.69, 9.17) is 11.6 Å². The van der Waals surface area contributed by atoms with Crippen LogP contribution in [0.1, 0.15) is 136 Å². The Morgan fingerprint density at radius 2 is 1.30 bits per heavy atom. The molecule has 192 valence electrons. The van der Waals surface area contributed by atoms with E-state index in [0.717, 1.165) is 43.0 Å². The average Bonchev–Trinajstić information content (AvgIpc) is 2.84. The number of piperidine rings is 1. The summed E-state index contributed by atoms with van der Waals surface area (Å²) in [6, 6.07) is 0.758. The molecule has 0 aromatic carbocycles. The van der Waals surface area contributed by atoms with E-state index in [1.54, 1.807) is 0 Å². The van der Waals surface area contributed by atoms with Crippen LogP contribution < -0.4 is 0 Å². The van der Waals surface area contributed by atoms with Gasteiger partial charge in [0.2, 0.25) is 0 Å². The molecule has 4 heteroatoms. The first kappa shape index (κ1) is 28.7. The number of hydrogen-bond donors (Lipinski definition) is 0. The lowest BCUT2D eigenvalue weighted by molar-refractivity contribution is 0.119. The van der Waals surface area contributed by atoms with E-state index in [2.05, 4.69) is 34.7 Å². The number of allylic oxidation sites excluding steroid dienone is 1. The fraction of sp³-hybridized carbons (Fsp3) is 0.897. The molecule has 0 aromatic rings. The van der Waals surface area contributed by atoms with Gasteiger partial charge in [0.25, 0.3) is 0 Å². The summed E-state index contributed by atoms with van der Waals surface area (Å²) in [4.78, 5) is 9.88. The van der Waals surface area contributed by atoms with Crippen LogP contribution in [0.25, 0.3) is 0 Å². The Labute approximate surface area is 211 Å². The third kappa shape index (κ3) is 12.6. The molecule has 33 heavy (non-hydrogen) atoms. The van der Waals surface area contributed by atoms with Crippen LogP contribution in [0.3, 0.4) is 0 Å². The molecule has 1 fully saturated rings.